The maximum absolute atomic E-state index is 11.9. The van der Waals surface area contributed by atoms with E-state index in [1.165, 1.54) is 0 Å². The summed E-state index contributed by atoms with van der Waals surface area (Å²) in [6.45, 7) is 2.03. The van der Waals surface area contributed by atoms with Crippen molar-refractivity contribution < 1.29 is 28.9 Å². The van der Waals surface area contributed by atoms with Crippen molar-refractivity contribution in [3.8, 4) is 17.2 Å². The molecule has 7 heteroatoms. The van der Waals surface area contributed by atoms with Crippen LogP contribution in [-0.2, 0) is 11.4 Å². The van der Waals surface area contributed by atoms with Crippen LogP contribution in [0.25, 0.3) is 0 Å². The first-order valence-electron chi connectivity index (χ1n) is 8.50. The van der Waals surface area contributed by atoms with Gasteiger partial charge in [-0.25, -0.2) is 4.79 Å². The summed E-state index contributed by atoms with van der Waals surface area (Å²) < 4.78 is 15.4. The topological polar surface area (TPSA) is 94.1 Å². The zero-order valence-electron chi connectivity index (χ0n) is 15.3. The van der Waals surface area contributed by atoms with Crippen molar-refractivity contribution in [2.75, 3.05) is 13.7 Å². The number of methoxy groups -OCH3 is 1. The van der Waals surface area contributed by atoms with Crippen molar-refractivity contribution in [1.82, 2.24) is 5.32 Å². The molecule has 2 N–H and O–H groups in total. The van der Waals surface area contributed by atoms with Crippen LogP contribution in [0.2, 0.25) is 0 Å². The number of rotatable bonds is 8. The van der Waals surface area contributed by atoms with Crippen LogP contribution >= 0.6 is 0 Å². The predicted octanol–water partition coefficient (Wildman–Crippen LogP) is 2.91. The third-order valence-electron chi connectivity index (χ3n) is 3.72. The highest BCUT2D eigenvalue weighted by molar-refractivity contribution is 5.73. The molecule has 0 fully saturated rings. The van der Waals surface area contributed by atoms with Crippen LogP contribution < -0.4 is 19.5 Å². The smallest absolute Gasteiger partial charge is 0.412 e. The van der Waals surface area contributed by atoms with E-state index in [9.17, 15) is 9.59 Å². The molecule has 2 rings (SSSR count). The van der Waals surface area contributed by atoms with Crippen LogP contribution in [0.4, 0.5) is 4.79 Å². The van der Waals surface area contributed by atoms with Gasteiger partial charge in [-0.05, 0) is 47.9 Å². The van der Waals surface area contributed by atoms with Gasteiger partial charge < -0.3 is 24.6 Å². The van der Waals surface area contributed by atoms with E-state index < -0.39 is 12.1 Å². The van der Waals surface area contributed by atoms with E-state index in [1.807, 2.05) is 6.92 Å². The second-order valence-electron chi connectivity index (χ2n) is 6.03. The SMILES string of the molecule is COc1ccc(OC(=O)NCC(C)CC(=O)Oc2ccc(CO)cc2)cc1. The molecule has 0 radical (unpaired) electrons. The molecule has 0 spiro atoms. The van der Waals surface area contributed by atoms with E-state index in [0.29, 0.717) is 17.2 Å². The largest absolute Gasteiger partial charge is 0.497 e. The fraction of sp³-hybridized carbons (Fsp3) is 0.300. The zero-order valence-corrected chi connectivity index (χ0v) is 15.3. The molecule has 0 heterocycles. The van der Waals surface area contributed by atoms with Crippen molar-refractivity contribution in [2.45, 2.75) is 20.0 Å². The number of nitrogens with one attached hydrogen (secondary N) is 1. The van der Waals surface area contributed by atoms with Crippen molar-refractivity contribution >= 4 is 12.1 Å². The highest BCUT2D eigenvalue weighted by Crippen LogP contribution is 2.17. The van der Waals surface area contributed by atoms with E-state index in [1.54, 1.807) is 55.6 Å². The Morgan fingerprint density at radius 2 is 1.52 bits per heavy atom. The van der Waals surface area contributed by atoms with Crippen LogP contribution in [0.1, 0.15) is 18.9 Å². The lowest BCUT2D eigenvalue weighted by atomic mass is 10.1. The molecule has 27 heavy (non-hydrogen) atoms. The molecule has 0 aliphatic carbocycles. The molecule has 2 aromatic rings. The van der Waals surface area contributed by atoms with Crippen LogP contribution in [0.5, 0.6) is 17.2 Å². The van der Waals surface area contributed by atoms with Gasteiger partial charge in [-0.3, -0.25) is 4.79 Å². The number of aliphatic hydroxyl groups excluding tert-OH is 1. The van der Waals surface area contributed by atoms with Gasteiger partial charge in [0, 0.05) is 6.54 Å². The van der Waals surface area contributed by atoms with Gasteiger partial charge in [0.15, 0.2) is 0 Å². The minimum atomic E-state index is -0.597. The fourth-order valence-corrected chi connectivity index (χ4v) is 2.24. The van der Waals surface area contributed by atoms with Gasteiger partial charge >= 0.3 is 12.1 Å². The molecular formula is C20H23NO6. The number of esters is 1. The Morgan fingerprint density at radius 3 is 2.11 bits per heavy atom. The molecule has 0 saturated carbocycles. The Bertz CT molecular complexity index is 742. The molecule has 0 aliphatic heterocycles. The summed E-state index contributed by atoms with van der Waals surface area (Å²) in [5.74, 6) is 0.950. The highest BCUT2D eigenvalue weighted by atomic mass is 16.6. The third-order valence-corrected chi connectivity index (χ3v) is 3.72. The number of carbonyl (C=O) groups excluding carboxylic acids is 2. The monoisotopic (exact) mass is 373 g/mol. The summed E-state index contributed by atoms with van der Waals surface area (Å²) in [4.78, 5) is 23.8. The molecular weight excluding hydrogens is 350 g/mol. The average molecular weight is 373 g/mol. The van der Waals surface area contributed by atoms with Gasteiger partial charge in [-0.15, -0.1) is 0 Å². The van der Waals surface area contributed by atoms with Gasteiger partial charge in [0.25, 0.3) is 0 Å². The van der Waals surface area contributed by atoms with Crippen molar-refractivity contribution in [1.29, 1.82) is 0 Å². The van der Waals surface area contributed by atoms with E-state index in [4.69, 9.17) is 19.3 Å². The van der Waals surface area contributed by atoms with E-state index in [-0.39, 0.29) is 25.5 Å². The Balaban J connectivity index is 1.71. The summed E-state index contributed by atoms with van der Waals surface area (Å²) in [6.07, 6.45) is -0.454. The summed E-state index contributed by atoms with van der Waals surface area (Å²) in [5, 5.41) is 11.6. The second-order valence-corrected chi connectivity index (χ2v) is 6.03. The Hall–Kier alpha value is -3.06. The zero-order chi connectivity index (χ0) is 19.6. The minimum absolute atomic E-state index is 0.0659. The standard InChI is InChI=1S/C20H23NO6/c1-14(11-19(23)26-17-5-3-15(13-22)4-6-17)12-21-20(24)27-18-9-7-16(25-2)8-10-18/h3-10,14,22H,11-13H2,1-2H3,(H,21,24). The summed E-state index contributed by atoms with van der Waals surface area (Å²) in [7, 11) is 1.55. The number of carbonyl (C=O) groups is 2. The van der Waals surface area contributed by atoms with Gasteiger partial charge in [0.2, 0.25) is 0 Å². The lowest BCUT2D eigenvalue weighted by molar-refractivity contribution is -0.135. The van der Waals surface area contributed by atoms with Crippen LogP contribution in [0.15, 0.2) is 48.5 Å². The molecule has 2 aromatic carbocycles. The van der Waals surface area contributed by atoms with E-state index in [2.05, 4.69) is 5.32 Å². The van der Waals surface area contributed by atoms with Gasteiger partial charge in [-0.2, -0.15) is 0 Å². The Morgan fingerprint density at radius 1 is 0.963 bits per heavy atom. The van der Waals surface area contributed by atoms with Crippen LogP contribution in [0, 0.1) is 5.92 Å². The first kappa shape index (κ1) is 20.3. The maximum atomic E-state index is 11.9. The first-order chi connectivity index (χ1) is 13.0. The molecule has 1 amide bonds. The van der Waals surface area contributed by atoms with E-state index >= 15 is 0 Å². The molecule has 1 unspecified atom stereocenters. The minimum Gasteiger partial charge on any atom is -0.497 e. The number of amides is 1. The average Bonchev–Trinajstić information content (AvgIpc) is 2.67. The Labute approximate surface area is 157 Å². The number of benzene rings is 2. The summed E-state index contributed by atoms with van der Waals surface area (Å²) in [6, 6.07) is 13.2. The van der Waals surface area contributed by atoms with Crippen LogP contribution in [0.3, 0.4) is 0 Å². The number of hydrogen-bond acceptors (Lipinski definition) is 6. The number of hydrogen-bond donors (Lipinski definition) is 2. The van der Waals surface area contributed by atoms with Gasteiger partial charge in [0.1, 0.15) is 17.2 Å². The molecule has 0 aliphatic rings. The third kappa shape index (κ3) is 6.99. The van der Waals surface area contributed by atoms with Gasteiger partial charge in [0.05, 0.1) is 20.1 Å². The molecule has 1 atom stereocenters. The second kappa shape index (κ2) is 10.2. The molecule has 0 saturated heterocycles. The van der Waals surface area contributed by atoms with Crippen molar-refractivity contribution in [3.05, 3.63) is 54.1 Å². The molecule has 144 valence electrons. The van der Waals surface area contributed by atoms with Crippen molar-refractivity contribution in [3.63, 3.8) is 0 Å². The summed E-state index contributed by atoms with van der Waals surface area (Å²) in [5.41, 5.74) is 0.739. The lowest BCUT2D eigenvalue weighted by Gasteiger charge is -2.12. The normalized spacial score (nSPS) is 11.4. The predicted molar refractivity (Wildman–Crippen MR) is 98.8 cm³/mol. The molecule has 7 nitrogen and oxygen atoms in total. The van der Waals surface area contributed by atoms with Crippen molar-refractivity contribution in [2.24, 2.45) is 5.92 Å². The lowest BCUT2D eigenvalue weighted by Crippen LogP contribution is -2.32. The summed E-state index contributed by atoms with van der Waals surface area (Å²) >= 11 is 0. The molecule has 0 bridgehead atoms. The maximum Gasteiger partial charge on any atom is 0.412 e. The van der Waals surface area contributed by atoms with Crippen LogP contribution in [-0.4, -0.2) is 30.8 Å². The number of aliphatic hydroxyl groups is 1. The first-order valence-corrected chi connectivity index (χ1v) is 8.50. The Kier molecular flexibility index (Phi) is 7.63. The van der Waals surface area contributed by atoms with E-state index in [0.717, 1.165) is 5.56 Å². The number of ether oxygens (including phenoxy) is 3. The molecule has 0 aromatic heterocycles. The van der Waals surface area contributed by atoms with Gasteiger partial charge in [-0.1, -0.05) is 19.1 Å². The quantitative estimate of drug-likeness (QED) is 0.546. The highest BCUT2D eigenvalue weighted by Gasteiger charge is 2.13. The fourth-order valence-electron chi connectivity index (χ4n) is 2.24.